The second kappa shape index (κ2) is 7.64. The van der Waals surface area contributed by atoms with Crippen LogP contribution in [0.25, 0.3) is 0 Å². The van der Waals surface area contributed by atoms with Gasteiger partial charge < -0.3 is 15.1 Å². The van der Waals surface area contributed by atoms with E-state index in [2.05, 4.69) is 21.7 Å². The third-order valence-electron chi connectivity index (χ3n) is 4.29. The molecule has 2 aromatic rings. The summed E-state index contributed by atoms with van der Waals surface area (Å²) in [5.74, 6) is 0.525. The van der Waals surface area contributed by atoms with Gasteiger partial charge in [-0.1, -0.05) is 30.3 Å². The molecule has 1 aliphatic carbocycles. The van der Waals surface area contributed by atoms with Crippen molar-refractivity contribution < 1.29 is 9.21 Å². The third kappa shape index (κ3) is 4.13. The van der Waals surface area contributed by atoms with Gasteiger partial charge in [-0.05, 0) is 24.8 Å². The summed E-state index contributed by atoms with van der Waals surface area (Å²) in [4.78, 5) is 16.5. The van der Waals surface area contributed by atoms with E-state index in [1.165, 1.54) is 6.26 Å². The summed E-state index contributed by atoms with van der Waals surface area (Å²) in [6, 6.07) is 11.6. The van der Waals surface area contributed by atoms with Gasteiger partial charge in [-0.25, -0.2) is 9.78 Å². The maximum Gasteiger partial charge on any atom is 0.315 e. The van der Waals surface area contributed by atoms with Crippen molar-refractivity contribution in [2.24, 2.45) is 5.92 Å². The van der Waals surface area contributed by atoms with Gasteiger partial charge in [0.05, 0.1) is 12.3 Å². The van der Waals surface area contributed by atoms with E-state index in [1.807, 2.05) is 30.3 Å². The van der Waals surface area contributed by atoms with Gasteiger partial charge in [0, 0.05) is 18.4 Å². The lowest BCUT2D eigenvalue weighted by Gasteiger charge is -2.19. The number of rotatable bonds is 5. The summed E-state index contributed by atoms with van der Waals surface area (Å²) in [5, 5.41) is 14.8. The molecule has 1 unspecified atom stereocenters. The summed E-state index contributed by atoms with van der Waals surface area (Å²) in [6.45, 7) is 0. The highest BCUT2D eigenvalue weighted by Crippen LogP contribution is 2.24. The molecule has 3 rings (SSSR count). The molecular weight excluding hydrogens is 304 g/mol. The zero-order valence-corrected chi connectivity index (χ0v) is 13.3. The highest BCUT2D eigenvalue weighted by molar-refractivity contribution is 5.74. The Morgan fingerprint density at radius 3 is 2.88 bits per heavy atom. The predicted molar refractivity (Wildman–Crippen MR) is 87.8 cm³/mol. The molecule has 124 valence electrons. The van der Waals surface area contributed by atoms with Crippen LogP contribution in [0.2, 0.25) is 0 Å². The van der Waals surface area contributed by atoms with E-state index in [0.717, 1.165) is 18.4 Å². The molecule has 3 atom stereocenters. The molecule has 1 fully saturated rings. The SMILES string of the molecule is N#C[C@@H]1CC[C@H](NC(=O)NC(Cc2ccccc2)c2ncco2)C1. The summed E-state index contributed by atoms with van der Waals surface area (Å²) in [7, 11) is 0. The fraction of sp³-hybridized carbons (Fsp3) is 0.389. The van der Waals surface area contributed by atoms with Crippen LogP contribution in [0.4, 0.5) is 4.79 Å². The zero-order chi connectivity index (χ0) is 16.8. The summed E-state index contributed by atoms with van der Waals surface area (Å²) in [5.41, 5.74) is 1.09. The smallest absolute Gasteiger partial charge is 0.315 e. The van der Waals surface area contributed by atoms with Crippen LogP contribution in [0, 0.1) is 17.2 Å². The van der Waals surface area contributed by atoms with Crippen molar-refractivity contribution in [2.75, 3.05) is 0 Å². The van der Waals surface area contributed by atoms with Crippen LogP contribution >= 0.6 is 0 Å². The number of hydrogen-bond acceptors (Lipinski definition) is 4. The Kier molecular flexibility index (Phi) is 5.12. The Morgan fingerprint density at radius 1 is 1.38 bits per heavy atom. The Morgan fingerprint density at radius 2 is 2.21 bits per heavy atom. The van der Waals surface area contributed by atoms with E-state index >= 15 is 0 Å². The lowest BCUT2D eigenvalue weighted by molar-refractivity contribution is 0.230. The maximum absolute atomic E-state index is 12.3. The number of urea groups is 1. The number of carbonyl (C=O) groups is 1. The maximum atomic E-state index is 12.3. The Labute approximate surface area is 140 Å². The number of carbonyl (C=O) groups excluding carboxylic acids is 1. The minimum absolute atomic E-state index is 0.0437. The minimum Gasteiger partial charge on any atom is -0.447 e. The van der Waals surface area contributed by atoms with E-state index in [4.69, 9.17) is 9.68 Å². The normalized spacial score (nSPS) is 21.0. The van der Waals surface area contributed by atoms with Crippen molar-refractivity contribution in [2.45, 2.75) is 37.8 Å². The van der Waals surface area contributed by atoms with Gasteiger partial charge in [0.15, 0.2) is 0 Å². The van der Waals surface area contributed by atoms with Crippen molar-refractivity contribution in [3.63, 3.8) is 0 Å². The van der Waals surface area contributed by atoms with Crippen LogP contribution in [-0.4, -0.2) is 17.1 Å². The number of nitriles is 1. The number of amides is 2. The van der Waals surface area contributed by atoms with Gasteiger partial charge in [-0.2, -0.15) is 5.26 Å². The second-order valence-electron chi connectivity index (χ2n) is 6.07. The van der Waals surface area contributed by atoms with Gasteiger partial charge in [0.2, 0.25) is 5.89 Å². The minimum atomic E-state index is -0.337. The van der Waals surface area contributed by atoms with Crippen molar-refractivity contribution >= 4 is 6.03 Å². The van der Waals surface area contributed by atoms with Crippen molar-refractivity contribution in [1.82, 2.24) is 15.6 Å². The number of aromatic nitrogens is 1. The molecule has 0 spiro atoms. The quantitative estimate of drug-likeness (QED) is 0.884. The molecule has 1 heterocycles. The molecule has 1 aromatic heterocycles. The summed E-state index contributed by atoms with van der Waals surface area (Å²) < 4.78 is 5.38. The van der Waals surface area contributed by atoms with Gasteiger partial charge >= 0.3 is 6.03 Å². The van der Waals surface area contributed by atoms with E-state index in [-0.39, 0.29) is 24.0 Å². The lowest BCUT2D eigenvalue weighted by atomic mass is 10.1. The fourth-order valence-electron chi connectivity index (χ4n) is 3.07. The van der Waals surface area contributed by atoms with Crippen molar-refractivity contribution in [3.8, 4) is 6.07 Å². The first-order chi connectivity index (χ1) is 11.7. The third-order valence-corrected chi connectivity index (χ3v) is 4.29. The summed E-state index contributed by atoms with van der Waals surface area (Å²) >= 11 is 0. The first kappa shape index (κ1) is 16.1. The van der Waals surface area contributed by atoms with Crippen LogP contribution in [0.1, 0.15) is 36.8 Å². The van der Waals surface area contributed by atoms with Crippen LogP contribution < -0.4 is 10.6 Å². The predicted octanol–water partition coefficient (Wildman–Crippen LogP) is 2.95. The van der Waals surface area contributed by atoms with Gasteiger partial charge in [0.25, 0.3) is 0 Å². The standard InChI is InChI=1S/C18H20N4O2/c19-12-14-6-7-15(10-14)21-18(23)22-16(17-20-8-9-24-17)11-13-4-2-1-3-5-13/h1-5,8-9,14-16H,6-7,10-11H2,(H2,21,22,23)/t14-,15+,16?/m1/s1. The molecule has 0 bridgehead atoms. The molecule has 0 radical (unpaired) electrons. The number of hydrogen-bond donors (Lipinski definition) is 2. The molecular formula is C18H20N4O2. The van der Waals surface area contributed by atoms with Crippen LogP contribution in [0.15, 0.2) is 47.2 Å². The van der Waals surface area contributed by atoms with E-state index in [9.17, 15) is 4.79 Å². The molecule has 0 aliphatic heterocycles. The number of oxazole rings is 1. The molecule has 24 heavy (non-hydrogen) atoms. The van der Waals surface area contributed by atoms with E-state index in [0.29, 0.717) is 18.7 Å². The fourth-order valence-corrected chi connectivity index (χ4v) is 3.07. The van der Waals surface area contributed by atoms with Gasteiger partial charge in [-0.3, -0.25) is 0 Å². The topological polar surface area (TPSA) is 91.0 Å². The monoisotopic (exact) mass is 324 g/mol. The molecule has 1 saturated carbocycles. The highest BCUT2D eigenvalue weighted by atomic mass is 16.3. The number of benzene rings is 1. The number of nitrogens with zero attached hydrogens (tertiary/aromatic N) is 2. The van der Waals surface area contributed by atoms with E-state index in [1.54, 1.807) is 6.20 Å². The zero-order valence-electron chi connectivity index (χ0n) is 13.3. The Hall–Kier alpha value is -2.81. The van der Waals surface area contributed by atoms with E-state index < -0.39 is 0 Å². The molecule has 6 nitrogen and oxygen atoms in total. The van der Waals surface area contributed by atoms with Crippen LogP contribution in [-0.2, 0) is 6.42 Å². The van der Waals surface area contributed by atoms with Crippen molar-refractivity contribution in [3.05, 3.63) is 54.2 Å². The van der Waals surface area contributed by atoms with Gasteiger partial charge in [0.1, 0.15) is 12.3 Å². The molecule has 1 aromatic carbocycles. The molecule has 2 N–H and O–H groups in total. The second-order valence-corrected chi connectivity index (χ2v) is 6.07. The first-order valence-electron chi connectivity index (χ1n) is 8.14. The first-order valence-corrected chi connectivity index (χ1v) is 8.14. The summed E-state index contributed by atoms with van der Waals surface area (Å²) in [6.07, 6.45) is 6.07. The average Bonchev–Trinajstić information content (AvgIpc) is 3.27. The molecule has 6 heteroatoms. The Bertz CT molecular complexity index is 694. The Balaban J connectivity index is 1.62. The largest absolute Gasteiger partial charge is 0.447 e. The molecule has 0 saturated heterocycles. The van der Waals surface area contributed by atoms with Crippen molar-refractivity contribution in [1.29, 1.82) is 5.26 Å². The highest BCUT2D eigenvalue weighted by Gasteiger charge is 2.27. The van der Waals surface area contributed by atoms with Gasteiger partial charge in [-0.15, -0.1) is 0 Å². The number of nitrogens with one attached hydrogen (secondary N) is 2. The lowest BCUT2D eigenvalue weighted by Crippen LogP contribution is -2.43. The van der Waals surface area contributed by atoms with Crippen LogP contribution in [0.5, 0.6) is 0 Å². The molecule has 1 aliphatic rings. The average molecular weight is 324 g/mol. The molecule has 2 amide bonds. The van der Waals surface area contributed by atoms with Crippen LogP contribution in [0.3, 0.4) is 0 Å².